The zero-order valence-corrected chi connectivity index (χ0v) is 16.4. The molecule has 0 aromatic heterocycles. The Balaban J connectivity index is 1.45. The summed E-state index contributed by atoms with van der Waals surface area (Å²) >= 11 is 0. The smallest absolute Gasteiger partial charge is 0.254 e. The first-order chi connectivity index (χ1) is 13.1. The lowest BCUT2D eigenvalue weighted by Gasteiger charge is -2.38. The van der Waals surface area contributed by atoms with Crippen molar-refractivity contribution in [1.82, 2.24) is 9.80 Å². The third-order valence-electron chi connectivity index (χ3n) is 5.60. The van der Waals surface area contributed by atoms with Gasteiger partial charge in [-0.3, -0.25) is 9.69 Å². The van der Waals surface area contributed by atoms with Crippen molar-refractivity contribution in [3.63, 3.8) is 0 Å². The van der Waals surface area contributed by atoms with Crippen LogP contribution in [0.3, 0.4) is 0 Å². The number of hydrogen-bond donors (Lipinski definition) is 0. The van der Waals surface area contributed by atoms with E-state index >= 15 is 0 Å². The molecular formula is C21H30N2O4. The second-order valence-electron chi connectivity index (χ2n) is 7.98. The predicted molar refractivity (Wildman–Crippen MR) is 103 cm³/mol. The van der Waals surface area contributed by atoms with Gasteiger partial charge in [-0.1, -0.05) is 0 Å². The van der Waals surface area contributed by atoms with Crippen LogP contribution in [-0.4, -0.2) is 73.3 Å². The summed E-state index contributed by atoms with van der Waals surface area (Å²) in [6, 6.07) is 5.84. The largest absolute Gasteiger partial charge is 0.490 e. The summed E-state index contributed by atoms with van der Waals surface area (Å²) in [5.74, 6) is 1.52. The van der Waals surface area contributed by atoms with E-state index in [0.29, 0.717) is 24.5 Å². The van der Waals surface area contributed by atoms with E-state index in [0.717, 1.165) is 51.2 Å². The van der Waals surface area contributed by atoms with E-state index in [9.17, 15) is 4.79 Å². The maximum absolute atomic E-state index is 13.2. The Bertz CT molecular complexity index is 670. The van der Waals surface area contributed by atoms with Gasteiger partial charge in [0.2, 0.25) is 0 Å². The number of carbonyl (C=O) groups excluding carboxylic acids is 1. The summed E-state index contributed by atoms with van der Waals surface area (Å²) in [4.78, 5) is 17.7. The number of likely N-dealkylation sites (tertiary alicyclic amines) is 1. The molecule has 1 amide bonds. The number of fused-ring (bicyclic) bond motifs is 1. The summed E-state index contributed by atoms with van der Waals surface area (Å²) in [7, 11) is 0. The molecular weight excluding hydrogens is 344 g/mol. The van der Waals surface area contributed by atoms with Crippen molar-refractivity contribution in [2.75, 3.05) is 39.4 Å². The molecule has 0 aliphatic carbocycles. The van der Waals surface area contributed by atoms with Gasteiger partial charge in [0.05, 0.1) is 25.4 Å². The Labute approximate surface area is 161 Å². The molecule has 0 radical (unpaired) electrons. The van der Waals surface area contributed by atoms with E-state index in [2.05, 4.69) is 18.7 Å². The highest BCUT2D eigenvalue weighted by Gasteiger charge is 2.33. The highest BCUT2D eigenvalue weighted by Crippen LogP contribution is 2.32. The standard InChI is InChI=1S/C21H30N2O4/c1-15-12-22(13-16(2)27-15)14-18-5-3-8-23(18)21(24)17-6-7-19-20(11-17)26-10-4-9-25-19/h6-7,11,15-16,18H,3-5,8-10,12-14H2,1-2H3/t15-,16-,18-/m1/s1. The molecule has 0 spiro atoms. The number of hydrogen-bond acceptors (Lipinski definition) is 5. The van der Waals surface area contributed by atoms with E-state index in [1.807, 2.05) is 23.1 Å². The average molecular weight is 374 g/mol. The van der Waals surface area contributed by atoms with Crippen molar-refractivity contribution in [3.05, 3.63) is 23.8 Å². The molecule has 2 saturated heterocycles. The Hall–Kier alpha value is -1.79. The predicted octanol–water partition coefficient (Wildman–Crippen LogP) is 2.56. The molecule has 0 bridgehead atoms. The maximum Gasteiger partial charge on any atom is 0.254 e. The zero-order valence-electron chi connectivity index (χ0n) is 16.4. The fraction of sp³-hybridized carbons (Fsp3) is 0.667. The zero-order chi connectivity index (χ0) is 18.8. The molecule has 1 aromatic carbocycles. The lowest BCUT2D eigenvalue weighted by molar-refractivity contribution is -0.0715. The van der Waals surface area contributed by atoms with Gasteiger partial charge in [-0.2, -0.15) is 0 Å². The van der Waals surface area contributed by atoms with Gasteiger partial charge in [0.1, 0.15) is 0 Å². The number of rotatable bonds is 3. The molecule has 3 aliphatic heterocycles. The van der Waals surface area contributed by atoms with Crippen LogP contribution in [0.2, 0.25) is 0 Å². The van der Waals surface area contributed by atoms with Gasteiger partial charge >= 0.3 is 0 Å². The van der Waals surface area contributed by atoms with Gasteiger partial charge in [0.15, 0.2) is 11.5 Å². The maximum atomic E-state index is 13.2. The van der Waals surface area contributed by atoms with E-state index in [1.165, 1.54) is 0 Å². The number of benzene rings is 1. The van der Waals surface area contributed by atoms with Crippen molar-refractivity contribution in [2.45, 2.75) is 51.4 Å². The molecule has 27 heavy (non-hydrogen) atoms. The molecule has 3 heterocycles. The summed E-state index contributed by atoms with van der Waals surface area (Å²) in [5.41, 5.74) is 0.690. The topological polar surface area (TPSA) is 51.2 Å². The molecule has 0 unspecified atom stereocenters. The molecule has 3 atom stereocenters. The number of carbonyl (C=O) groups is 1. The van der Waals surface area contributed by atoms with Gasteiger partial charge in [0.25, 0.3) is 5.91 Å². The molecule has 6 heteroatoms. The quantitative estimate of drug-likeness (QED) is 0.814. The summed E-state index contributed by atoms with van der Waals surface area (Å²) in [5, 5.41) is 0. The molecule has 1 aromatic rings. The Morgan fingerprint density at radius 3 is 2.59 bits per heavy atom. The number of nitrogens with zero attached hydrogens (tertiary/aromatic N) is 2. The van der Waals surface area contributed by atoms with Gasteiger partial charge < -0.3 is 19.1 Å². The molecule has 6 nitrogen and oxygen atoms in total. The fourth-order valence-corrected chi connectivity index (χ4v) is 4.49. The normalized spacial score (nSPS) is 28.8. The first-order valence-electron chi connectivity index (χ1n) is 10.2. The van der Waals surface area contributed by atoms with Crippen LogP contribution in [0.25, 0.3) is 0 Å². The van der Waals surface area contributed by atoms with Crippen LogP contribution >= 0.6 is 0 Å². The van der Waals surface area contributed by atoms with Gasteiger partial charge in [-0.15, -0.1) is 0 Å². The van der Waals surface area contributed by atoms with Crippen LogP contribution < -0.4 is 9.47 Å². The summed E-state index contributed by atoms with van der Waals surface area (Å²) in [6.07, 6.45) is 3.50. The third kappa shape index (κ3) is 4.22. The van der Waals surface area contributed by atoms with E-state index in [1.54, 1.807) is 0 Å². The van der Waals surface area contributed by atoms with E-state index in [-0.39, 0.29) is 24.2 Å². The van der Waals surface area contributed by atoms with Crippen LogP contribution in [-0.2, 0) is 4.74 Å². The van der Waals surface area contributed by atoms with Crippen LogP contribution in [0.4, 0.5) is 0 Å². The van der Waals surface area contributed by atoms with Crippen LogP contribution in [0.5, 0.6) is 11.5 Å². The molecule has 4 rings (SSSR count). The third-order valence-corrected chi connectivity index (χ3v) is 5.60. The molecule has 148 valence electrons. The van der Waals surface area contributed by atoms with Crippen molar-refractivity contribution in [3.8, 4) is 11.5 Å². The second-order valence-corrected chi connectivity index (χ2v) is 7.98. The first kappa shape index (κ1) is 18.6. The number of morpholine rings is 1. The van der Waals surface area contributed by atoms with Gasteiger partial charge in [-0.25, -0.2) is 0 Å². The number of amides is 1. The Morgan fingerprint density at radius 2 is 1.81 bits per heavy atom. The van der Waals surface area contributed by atoms with E-state index in [4.69, 9.17) is 14.2 Å². The molecule has 2 fully saturated rings. The lowest BCUT2D eigenvalue weighted by atomic mass is 10.1. The lowest BCUT2D eigenvalue weighted by Crippen LogP contribution is -2.50. The molecule has 0 N–H and O–H groups in total. The highest BCUT2D eigenvalue weighted by atomic mass is 16.5. The highest BCUT2D eigenvalue weighted by molar-refractivity contribution is 5.95. The van der Waals surface area contributed by atoms with Crippen LogP contribution in [0, 0.1) is 0 Å². The summed E-state index contributed by atoms with van der Waals surface area (Å²) in [6.45, 7) is 9.16. The van der Waals surface area contributed by atoms with Crippen molar-refractivity contribution >= 4 is 5.91 Å². The minimum atomic E-state index is 0.0995. The van der Waals surface area contributed by atoms with Crippen molar-refractivity contribution in [2.24, 2.45) is 0 Å². The fourth-order valence-electron chi connectivity index (χ4n) is 4.49. The molecule has 0 saturated carbocycles. The van der Waals surface area contributed by atoms with Crippen molar-refractivity contribution < 1.29 is 19.0 Å². The van der Waals surface area contributed by atoms with Gasteiger partial charge in [0, 0.05) is 44.2 Å². The average Bonchev–Trinajstić information content (AvgIpc) is 2.95. The van der Waals surface area contributed by atoms with Crippen LogP contribution in [0.15, 0.2) is 18.2 Å². The first-order valence-corrected chi connectivity index (χ1v) is 10.2. The second kappa shape index (κ2) is 8.07. The minimum Gasteiger partial charge on any atom is -0.490 e. The molecule has 3 aliphatic rings. The minimum absolute atomic E-state index is 0.0995. The van der Waals surface area contributed by atoms with Crippen LogP contribution in [0.1, 0.15) is 43.5 Å². The SMILES string of the molecule is C[C@@H]1CN(C[C@H]2CCCN2C(=O)c2ccc3c(c2)OCCCO3)C[C@@H](C)O1. The summed E-state index contributed by atoms with van der Waals surface area (Å²) < 4.78 is 17.3. The van der Waals surface area contributed by atoms with Gasteiger partial charge in [-0.05, 0) is 44.9 Å². The van der Waals surface area contributed by atoms with E-state index < -0.39 is 0 Å². The van der Waals surface area contributed by atoms with Crippen molar-refractivity contribution in [1.29, 1.82) is 0 Å². The monoisotopic (exact) mass is 374 g/mol. The Morgan fingerprint density at radius 1 is 1.07 bits per heavy atom. The number of ether oxygens (including phenoxy) is 3. The Kier molecular flexibility index (Phi) is 5.55.